The van der Waals surface area contributed by atoms with Crippen LogP contribution < -0.4 is 11.1 Å². The number of rotatable bonds is 6. The number of phenolic OH excluding ortho intramolecular Hbond substituents is 1. The zero-order valence-electron chi connectivity index (χ0n) is 21.0. The van der Waals surface area contributed by atoms with Crippen LogP contribution in [0.1, 0.15) is 33.6 Å². The van der Waals surface area contributed by atoms with E-state index in [9.17, 15) is 14.7 Å². The lowest BCUT2D eigenvalue weighted by atomic mass is 9.91. The Balaban J connectivity index is 1.35. The Morgan fingerprint density at radius 3 is 2.51 bits per heavy atom. The molecule has 190 valence electrons. The molecule has 0 aliphatic carbocycles. The van der Waals surface area contributed by atoms with E-state index in [2.05, 4.69) is 15.3 Å². The number of fused-ring (bicyclic) bond motifs is 2. The quantitative estimate of drug-likeness (QED) is 0.326. The van der Waals surface area contributed by atoms with E-state index in [1.807, 2.05) is 62.4 Å². The Bertz CT molecular complexity index is 1420. The Labute approximate surface area is 215 Å². The van der Waals surface area contributed by atoms with Crippen LogP contribution in [0, 0.1) is 13.8 Å². The number of phenols is 1. The number of aromatic hydroxyl groups is 1. The molecule has 0 spiro atoms. The summed E-state index contributed by atoms with van der Waals surface area (Å²) in [6.07, 6.45) is 0.736. The van der Waals surface area contributed by atoms with Gasteiger partial charge < -0.3 is 26.0 Å². The smallest absolute Gasteiger partial charge is 0.243 e. The number of carbonyl (C=O) groups is 2. The number of nitrogens with zero attached hydrogens (tertiary/aromatic N) is 2. The molecule has 4 aromatic rings. The lowest BCUT2D eigenvalue weighted by Gasteiger charge is -2.37. The molecule has 1 aliphatic heterocycles. The number of nitrogens with one attached hydrogen (secondary N) is 2. The average Bonchev–Trinajstić information content (AvgIpc) is 3.31. The first-order valence-corrected chi connectivity index (χ1v) is 12.4. The van der Waals surface area contributed by atoms with E-state index in [0.29, 0.717) is 25.2 Å². The van der Waals surface area contributed by atoms with E-state index >= 15 is 0 Å². The van der Waals surface area contributed by atoms with Gasteiger partial charge >= 0.3 is 0 Å². The second-order valence-corrected chi connectivity index (χ2v) is 9.74. The van der Waals surface area contributed by atoms with Gasteiger partial charge in [0.15, 0.2) is 0 Å². The van der Waals surface area contributed by atoms with Crippen molar-refractivity contribution in [2.75, 3.05) is 0 Å². The van der Waals surface area contributed by atoms with Crippen LogP contribution in [0.4, 0.5) is 0 Å². The molecule has 3 aromatic carbocycles. The van der Waals surface area contributed by atoms with Crippen molar-refractivity contribution in [1.29, 1.82) is 0 Å². The minimum Gasteiger partial charge on any atom is -0.508 e. The fourth-order valence-electron chi connectivity index (χ4n) is 5.18. The standard InChI is InChI=1S/C29H31N5O3/c1-17-11-21(35)12-18(2)22(17)14-23(30)29(37)34-16-20-8-4-3-7-19(20)13-26(34)28(36)31-15-27-32-24-9-5-6-10-25(24)33-27/h3-12,23,26,35H,13-16,30H2,1-2H3,(H,31,36)(H,32,33)/t23-,26+/m0/s1. The highest BCUT2D eigenvalue weighted by Gasteiger charge is 2.36. The van der Waals surface area contributed by atoms with Gasteiger partial charge in [-0.2, -0.15) is 0 Å². The van der Waals surface area contributed by atoms with Crippen molar-refractivity contribution in [2.45, 2.75) is 51.9 Å². The van der Waals surface area contributed by atoms with Gasteiger partial charge in [-0.15, -0.1) is 0 Å². The number of aromatic nitrogens is 2. The van der Waals surface area contributed by atoms with Crippen molar-refractivity contribution < 1.29 is 14.7 Å². The number of aryl methyl sites for hydroxylation is 2. The van der Waals surface area contributed by atoms with Gasteiger partial charge in [0.25, 0.3) is 0 Å². The summed E-state index contributed by atoms with van der Waals surface area (Å²) in [6, 6.07) is 17.4. The highest BCUT2D eigenvalue weighted by Crippen LogP contribution is 2.26. The summed E-state index contributed by atoms with van der Waals surface area (Å²) in [6.45, 7) is 4.33. The van der Waals surface area contributed by atoms with Gasteiger partial charge in [0, 0.05) is 13.0 Å². The molecule has 0 fully saturated rings. The minimum atomic E-state index is -0.821. The molecule has 5 N–H and O–H groups in total. The summed E-state index contributed by atoms with van der Waals surface area (Å²) in [5, 5.41) is 12.8. The molecule has 0 saturated carbocycles. The van der Waals surface area contributed by atoms with E-state index in [1.165, 1.54) is 0 Å². The number of aromatic amines is 1. The van der Waals surface area contributed by atoms with Gasteiger partial charge in [-0.3, -0.25) is 9.59 Å². The van der Waals surface area contributed by atoms with Crippen LogP contribution in [0.3, 0.4) is 0 Å². The molecule has 0 unspecified atom stereocenters. The summed E-state index contributed by atoms with van der Waals surface area (Å²) < 4.78 is 0. The molecule has 2 amide bonds. The van der Waals surface area contributed by atoms with Crippen molar-refractivity contribution in [2.24, 2.45) is 5.73 Å². The summed E-state index contributed by atoms with van der Waals surface area (Å²) in [5.74, 6) is 0.323. The van der Waals surface area contributed by atoms with Crippen molar-refractivity contribution in [1.82, 2.24) is 20.2 Å². The number of imidazole rings is 1. The van der Waals surface area contributed by atoms with E-state index in [-0.39, 0.29) is 24.1 Å². The van der Waals surface area contributed by atoms with Crippen LogP contribution in [0.5, 0.6) is 5.75 Å². The maximum absolute atomic E-state index is 13.7. The number of nitrogens with two attached hydrogens (primary N) is 1. The molecular weight excluding hydrogens is 466 g/mol. The summed E-state index contributed by atoms with van der Waals surface area (Å²) in [5.41, 5.74) is 12.9. The van der Waals surface area contributed by atoms with Crippen LogP contribution in [0.15, 0.2) is 60.7 Å². The van der Waals surface area contributed by atoms with Crippen LogP contribution in [-0.4, -0.2) is 43.9 Å². The van der Waals surface area contributed by atoms with Crippen molar-refractivity contribution in [3.63, 3.8) is 0 Å². The third-order valence-electron chi connectivity index (χ3n) is 7.12. The molecule has 2 atom stereocenters. The van der Waals surface area contributed by atoms with Gasteiger partial charge in [0.05, 0.1) is 23.6 Å². The highest BCUT2D eigenvalue weighted by atomic mass is 16.3. The molecule has 5 rings (SSSR count). The first kappa shape index (κ1) is 24.5. The van der Waals surface area contributed by atoms with Crippen LogP contribution in [0.25, 0.3) is 11.0 Å². The number of carbonyl (C=O) groups excluding carboxylic acids is 2. The lowest BCUT2D eigenvalue weighted by molar-refractivity contribution is -0.142. The molecule has 0 saturated heterocycles. The summed E-state index contributed by atoms with van der Waals surface area (Å²) in [7, 11) is 0. The van der Waals surface area contributed by atoms with E-state index in [1.54, 1.807) is 17.0 Å². The second kappa shape index (κ2) is 10.1. The molecule has 2 heterocycles. The Morgan fingerprint density at radius 1 is 1.11 bits per heavy atom. The number of H-pyrrole nitrogens is 1. The molecule has 0 radical (unpaired) electrons. The highest BCUT2D eigenvalue weighted by molar-refractivity contribution is 5.90. The first-order valence-electron chi connectivity index (χ1n) is 12.4. The molecule has 8 heteroatoms. The zero-order chi connectivity index (χ0) is 26.1. The fourth-order valence-corrected chi connectivity index (χ4v) is 5.18. The predicted octanol–water partition coefficient (Wildman–Crippen LogP) is 3.03. The van der Waals surface area contributed by atoms with E-state index in [0.717, 1.165) is 38.9 Å². The van der Waals surface area contributed by atoms with Crippen molar-refractivity contribution in [3.05, 3.63) is 94.3 Å². The molecule has 37 heavy (non-hydrogen) atoms. The summed E-state index contributed by atoms with van der Waals surface area (Å²) >= 11 is 0. The third-order valence-corrected chi connectivity index (χ3v) is 7.12. The normalized spacial score (nSPS) is 15.9. The molecular formula is C29H31N5O3. The van der Waals surface area contributed by atoms with E-state index in [4.69, 9.17) is 5.73 Å². The Morgan fingerprint density at radius 2 is 1.78 bits per heavy atom. The van der Waals surface area contributed by atoms with E-state index < -0.39 is 12.1 Å². The van der Waals surface area contributed by atoms with Gasteiger partial charge in [-0.1, -0.05) is 36.4 Å². The number of para-hydroxylation sites is 2. The molecule has 1 aliphatic rings. The number of hydrogen-bond donors (Lipinski definition) is 4. The largest absolute Gasteiger partial charge is 0.508 e. The Kier molecular flexibility index (Phi) is 6.67. The molecule has 8 nitrogen and oxygen atoms in total. The molecule has 0 bridgehead atoms. The fraction of sp³-hybridized carbons (Fsp3) is 0.276. The maximum Gasteiger partial charge on any atom is 0.243 e. The van der Waals surface area contributed by atoms with Crippen LogP contribution in [0.2, 0.25) is 0 Å². The minimum absolute atomic E-state index is 0.187. The number of amides is 2. The second-order valence-electron chi connectivity index (χ2n) is 9.74. The molecule has 1 aromatic heterocycles. The average molecular weight is 498 g/mol. The van der Waals surface area contributed by atoms with Crippen molar-refractivity contribution >= 4 is 22.8 Å². The SMILES string of the molecule is Cc1cc(O)cc(C)c1C[C@H](N)C(=O)N1Cc2ccccc2C[C@@H]1C(=O)NCc1nc2ccccc2[nH]1. The number of hydrogen-bond acceptors (Lipinski definition) is 5. The number of benzene rings is 3. The first-order chi connectivity index (χ1) is 17.8. The monoisotopic (exact) mass is 497 g/mol. The zero-order valence-corrected chi connectivity index (χ0v) is 21.0. The lowest BCUT2D eigenvalue weighted by Crippen LogP contribution is -2.56. The third kappa shape index (κ3) is 5.06. The summed E-state index contributed by atoms with van der Waals surface area (Å²) in [4.78, 5) is 36.4. The van der Waals surface area contributed by atoms with Gasteiger partial charge in [0.1, 0.15) is 17.6 Å². The maximum atomic E-state index is 13.7. The van der Waals surface area contributed by atoms with Gasteiger partial charge in [-0.05, 0) is 72.4 Å². The van der Waals surface area contributed by atoms with Gasteiger partial charge in [-0.25, -0.2) is 4.98 Å². The van der Waals surface area contributed by atoms with Gasteiger partial charge in [0.2, 0.25) is 11.8 Å². The topological polar surface area (TPSA) is 124 Å². The predicted molar refractivity (Wildman–Crippen MR) is 142 cm³/mol. The Hall–Kier alpha value is -4.17. The van der Waals surface area contributed by atoms with Crippen LogP contribution >= 0.6 is 0 Å². The van der Waals surface area contributed by atoms with Crippen molar-refractivity contribution in [3.8, 4) is 5.75 Å². The van der Waals surface area contributed by atoms with Crippen LogP contribution in [-0.2, 0) is 35.5 Å².